The lowest BCUT2D eigenvalue weighted by atomic mass is 9.97. The van der Waals surface area contributed by atoms with E-state index in [1.807, 2.05) is 0 Å². The second-order valence-corrected chi connectivity index (χ2v) is 5.38. The topological polar surface area (TPSA) is 38.0 Å². The van der Waals surface area contributed by atoms with Crippen molar-refractivity contribution >= 4 is 11.3 Å². The number of nitrogens with one attached hydrogen (secondary N) is 1. The second-order valence-electron chi connectivity index (χ2n) is 4.43. The summed E-state index contributed by atoms with van der Waals surface area (Å²) in [6.45, 7) is 6.36. The molecule has 17 heavy (non-hydrogen) atoms. The van der Waals surface area contributed by atoms with Crippen LogP contribution in [0.4, 0.5) is 0 Å². The van der Waals surface area contributed by atoms with Crippen LogP contribution in [0.25, 0.3) is 0 Å². The van der Waals surface area contributed by atoms with Crippen LogP contribution in [-0.2, 0) is 0 Å². The number of nitrogens with two attached hydrogens (primary N) is 1. The maximum absolute atomic E-state index is 5.74. The lowest BCUT2D eigenvalue weighted by molar-refractivity contribution is 0.640. The highest BCUT2D eigenvalue weighted by Gasteiger charge is 2.17. The van der Waals surface area contributed by atoms with Crippen molar-refractivity contribution in [2.24, 2.45) is 5.84 Å². The molecule has 2 nitrogen and oxygen atoms in total. The van der Waals surface area contributed by atoms with Gasteiger partial charge in [-0.2, -0.15) is 0 Å². The summed E-state index contributed by atoms with van der Waals surface area (Å²) >= 11 is 1.75. The van der Waals surface area contributed by atoms with Crippen molar-refractivity contribution in [2.45, 2.75) is 26.8 Å². The second kappa shape index (κ2) is 5.00. The predicted molar refractivity (Wildman–Crippen MR) is 74.1 cm³/mol. The van der Waals surface area contributed by atoms with Gasteiger partial charge in [-0.25, -0.2) is 5.43 Å². The molecule has 0 fully saturated rings. The van der Waals surface area contributed by atoms with Crippen LogP contribution in [0.5, 0.6) is 0 Å². The van der Waals surface area contributed by atoms with E-state index in [-0.39, 0.29) is 6.04 Å². The van der Waals surface area contributed by atoms with Crippen LogP contribution >= 0.6 is 11.3 Å². The summed E-state index contributed by atoms with van der Waals surface area (Å²) in [7, 11) is 0. The van der Waals surface area contributed by atoms with Gasteiger partial charge in [0, 0.05) is 4.88 Å². The van der Waals surface area contributed by atoms with Gasteiger partial charge in [0.1, 0.15) is 0 Å². The molecule has 1 atom stereocenters. The van der Waals surface area contributed by atoms with Gasteiger partial charge in [-0.3, -0.25) is 5.84 Å². The standard InChI is InChI=1S/C14H18N2S/c1-9-4-5-10(2)12(8-9)13(16-15)14-11(3)6-7-17-14/h4-8,13,16H,15H2,1-3H3. The number of aryl methyl sites for hydroxylation is 3. The summed E-state index contributed by atoms with van der Waals surface area (Å²) < 4.78 is 0. The van der Waals surface area contributed by atoms with Crippen molar-refractivity contribution in [1.82, 2.24) is 5.43 Å². The molecule has 0 aliphatic rings. The van der Waals surface area contributed by atoms with Crippen molar-refractivity contribution < 1.29 is 0 Å². The van der Waals surface area contributed by atoms with Crippen molar-refractivity contribution in [3.05, 3.63) is 56.8 Å². The van der Waals surface area contributed by atoms with E-state index in [0.29, 0.717) is 0 Å². The van der Waals surface area contributed by atoms with Gasteiger partial charge in [0.2, 0.25) is 0 Å². The number of hydrogen-bond acceptors (Lipinski definition) is 3. The molecule has 0 spiro atoms. The fourth-order valence-corrected chi connectivity index (χ4v) is 3.06. The Bertz CT molecular complexity index is 517. The van der Waals surface area contributed by atoms with Crippen molar-refractivity contribution in [3.8, 4) is 0 Å². The highest BCUT2D eigenvalue weighted by Crippen LogP contribution is 2.30. The number of thiophene rings is 1. The summed E-state index contributed by atoms with van der Waals surface area (Å²) in [5, 5.41) is 2.11. The molecule has 0 aliphatic carbocycles. The molecule has 0 aliphatic heterocycles. The largest absolute Gasteiger partial charge is 0.271 e. The van der Waals surface area contributed by atoms with Gasteiger partial charge >= 0.3 is 0 Å². The van der Waals surface area contributed by atoms with E-state index in [1.54, 1.807) is 11.3 Å². The zero-order valence-corrected chi connectivity index (χ0v) is 11.3. The summed E-state index contributed by atoms with van der Waals surface area (Å²) in [6, 6.07) is 8.72. The Morgan fingerprint density at radius 2 is 1.88 bits per heavy atom. The SMILES string of the molecule is Cc1ccc(C)c(C(NN)c2sccc2C)c1. The molecule has 1 unspecified atom stereocenters. The Labute approximate surface area is 106 Å². The van der Waals surface area contributed by atoms with E-state index < -0.39 is 0 Å². The first-order valence-electron chi connectivity index (χ1n) is 5.70. The maximum atomic E-state index is 5.74. The van der Waals surface area contributed by atoms with Crippen LogP contribution in [0.1, 0.15) is 33.2 Å². The van der Waals surface area contributed by atoms with Crippen LogP contribution in [0.3, 0.4) is 0 Å². The van der Waals surface area contributed by atoms with Crippen molar-refractivity contribution in [3.63, 3.8) is 0 Å². The summed E-state index contributed by atoms with van der Waals surface area (Å²) in [5.41, 5.74) is 8.03. The third-order valence-electron chi connectivity index (χ3n) is 3.08. The van der Waals surface area contributed by atoms with Gasteiger partial charge in [-0.05, 0) is 48.9 Å². The van der Waals surface area contributed by atoms with E-state index in [1.165, 1.54) is 27.1 Å². The molecule has 2 aromatic rings. The number of rotatable bonds is 3. The Kier molecular flexibility index (Phi) is 3.62. The van der Waals surface area contributed by atoms with E-state index >= 15 is 0 Å². The molecule has 0 bridgehead atoms. The fraction of sp³-hybridized carbons (Fsp3) is 0.286. The lowest BCUT2D eigenvalue weighted by Crippen LogP contribution is -2.29. The van der Waals surface area contributed by atoms with Gasteiger partial charge in [-0.15, -0.1) is 11.3 Å². The molecule has 90 valence electrons. The number of benzene rings is 1. The van der Waals surface area contributed by atoms with Crippen LogP contribution < -0.4 is 11.3 Å². The Morgan fingerprint density at radius 1 is 1.12 bits per heavy atom. The Morgan fingerprint density at radius 3 is 2.47 bits per heavy atom. The van der Waals surface area contributed by atoms with Crippen LogP contribution in [-0.4, -0.2) is 0 Å². The monoisotopic (exact) mass is 246 g/mol. The highest BCUT2D eigenvalue weighted by molar-refractivity contribution is 7.10. The Hall–Kier alpha value is -1.16. The van der Waals surface area contributed by atoms with E-state index in [2.05, 4.69) is 55.8 Å². The first kappa shape index (κ1) is 12.3. The quantitative estimate of drug-likeness (QED) is 0.644. The number of hydrogen-bond donors (Lipinski definition) is 2. The van der Waals surface area contributed by atoms with E-state index in [4.69, 9.17) is 5.84 Å². The molecule has 0 saturated carbocycles. The molecule has 3 N–H and O–H groups in total. The van der Waals surface area contributed by atoms with Crippen LogP contribution in [0, 0.1) is 20.8 Å². The first-order valence-corrected chi connectivity index (χ1v) is 6.58. The van der Waals surface area contributed by atoms with Crippen molar-refractivity contribution in [2.75, 3.05) is 0 Å². The zero-order chi connectivity index (χ0) is 12.4. The summed E-state index contributed by atoms with van der Waals surface area (Å²) in [5.74, 6) is 5.74. The van der Waals surface area contributed by atoms with Gasteiger partial charge < -0.3 is 0 Å². The average molecular weight is 246 g/mol. The summed E-state index contributed by atoms with van der Waals surface area (Å²) in [4.78, 5) is 1.29. The minimum Gasteiger partial charge on any atom is -0.271 e. The highest BCUT2D eigenvalue weighted by atomic mass is 32.1. The van der Waals surface area contributed by atoms with Gasteiger partial charge in [0.05, 0.1) is 6.04 Å². The molecule has 0 radical (unpaired) electrons. The zero-order valence-electron chi connectivity index (χ0n) is 10.4. The molecule has 1 heterocycles. The minimum absolute atomic E-state index is 0.0925. The molecule has 3 heteroatoms. The van der Waals surface area contributed by atoms with E-state index in [9.17, 15) is 0 Å². The van der Waals surface area contributed by atoms with Gasteiger partial charge in [0.25, 0.3) is 0 Å². The predicted octanol–water partition coefficient (Wildman–Crippen LogP) is 3.23. The molecular formula is C14H18N2S. The molecule has 0 saturated heterocycles. The maximum Gasteiger partial charge on any atom is 0.0807 e. The molecule has 1 aromatic carbocycles. The van der Waals surface area contributed by atoms with Gasteiger partial charge in [0.15, 0.2) is 0 Å². The fourth-order valence-electron chi connectivity index (χ4n) is 2.06. The normalized spacial score (nSPS) is 12.7. The third kappa shape index (κ3) is 2.41. The number of hydrazine groups is 1. The van der Waals surface area contributed by atoms with E-state index in [0.717, 1.165) is 0 Å². The van der Waals surface area contributed by atoms with Crippen LogP contribution in [0.15, 0.2) is 29.6 Å². The summed E-state index contributed by atoms with van der Waals surface area (Å²) in [6.07, 6.45) is 0. The molecule has 1 aromatic heterocycles. The average Bonchev–Trinajstić information content (AvgIpc) is 2.71. The van der Waals surface area contributed by atoms with Crippen LogP contribution in [0.2, 0.25) is 0 Å². The Balaban J connectivity index is 2.49. The third-order valence-corrected chi connectivity index (χ3v) is 4.16. The smallest absolute Gasteiger partial charge is 0.0807 e. The minimum atomic E-state index is 0.0925. The lowest BCUT2D eigenvalue weighted by Gasteiger charge is -2.19. The van der Waals surface area contributed by atoms with Gasteiger partial charge in [-0.1, -0.05) is 23.8 Å². The molecule has 0 amide bonds. The molecular weight excluding hydrogens is 228 g/mol. The van der Waals surface area contributed by atoms with Crippen molar-refractivity contribution in [1.29, 1.82) is 0 Å². The first-order chi connectivity index (χ1) is 8.13. The molecule has 2 rings (SSSR count).